The van der Waals surface area contributed by atoms with Crippen molar-refractivity contribution < 1.29 is 21.1 Å². The van der Waals surface area contributed by atoms with Crippen molar-refractivity contribution in [3.8, 4) is 0 Å². The molecule has 2 aromatic heterocycles. The van der Waals surface area contributed by atoms with Crippen molar-refractivity contribution in [3.63, 3.8) is 0 Å². The molecule has 128 valence electrons. The zero-order chi connectivity index (χ0) is 16.2. The monoisotopic (exact) mass is 511 g/mol. The van der Waals surface area contributed by atoms with Crippen LogP contribution < -0.4 is 0 Å². The zero-order valence-corrected chi connectivity index (χ0v) is 15.7. The van der Waals surface area contributed by atoms with E-state index in [1.165, 1.54) is 0 Å². The number of aromatic nitrogens is 4. The number of hydrogen-bond donors (Lipinski definition) is 0. The third kappa shape index (κ3) is 3.81. The van der Waals surface area contributed by atoms with Crippen LogP contribution in [0, 0.1) is 0 Å². The quantitative estimate of drug-likeness (QED) is 0.339. The number of nitrogens with zero attached hydrogens (tertiary/aromatic N) is 6. The van der Waals surface area contributed by atoms with E-state index in [0.717, 1.165) is 59.0 Å². The third-order valence-corrected chi connectivity index (χ3v) is 3.89. The summed E-state index contributed by atoms with van der Waals surface area (Å²) in [5.74, 6) is 0. The molecule has 0 radical (unpaired) electrons. The molecule has 1 fully saturated rings. The summed E-state index contributed by atoms with van der Waals surface area (Å²) in [4.78, 5) is 17.5. The molecule has 5 rings (SSSR count). The minimum atomic E-state index is 0. The molecular formula is C18H16N6Pt. The third-order valence-electron chi connectivity index (χ3n) is 3.89. The zero-order valence-electron chi connectivity index (χ0n) is 13.4. The first kappa shape index (κ1) is 17.8. The van der Waals surface area contributed by atoms with Gasteiger partial charge in [-0.2, -0.15) is 26.2 Å². The van der Waals surface area contributed by atoms with Crippen molar-refractivity contribution in [1.82, 2.24) is 19.9 Å². The first-order chi connectivity index (χ1) is 11.9. The molecule has 0 saturated carbocycles. The van der Waals surface area contributed by atoms with Crippen LogP contribution in [0.3, 0.4) is 0 Å². The predicted octanol–water partition coefficient (Wildman–Crippen LogP) is 3.47. The van der Waals surface area contributed by atoms with Crippen molar-refractivity contribution in [2.75, 3.05) is 26.2 Å². The van der Waals surface area contributed by atoms with Crippen LogP contribution in [0.25, 0.3) is 43.5 Å². The first-order valence-corrected chi connectivity index (χ1v) is 7.93. The minimum Gasteiger partial charge on any atom is -0.665 e. The summed E-state index contributed by atoms with van der Waals surface area (Å²) in [6, 6.07) is 8.04. The van der Waals surface area contributed by atoms with Crippen LogP contribution in [-0.2, 0) is 21.1 Å². The van der Waals surface area contributed by atoms with Crippen LogP contribution in [-0.4, -0.2) is 46.1 Å². The van der Waals surface area contributed by atoms with Gasteiger partial charge < -0.3 is 10.6 Å². The van der Waals surface area contributed by atoms with Gasteiger partial charge in [-0.25, -0.2) is 0 Å². The molecule has 2 aromatic carbocycles. The van der Waals surface area contributed by atoms with E-state index < -0.39 is 0 Å². The molecule has 1 saturated heterocycles. The van der Waals surface area contributed by atoms with Gasteiger partial charge in [0.1, 0.15) is 0 Å². The Balaban J connectivity index is 0.000000224. The molecule has 0 amide bonds. The van der Waals surface area contributed by atoms with Crippen molar-refractivity contribution in [3.05, 3.63) is 59.7 Å². The number of hydrogen-bond acceptors (Lipinski definition) is 4. The molecule has 4 aromatic rings. The van der Waals surface area contributed by atoms with Crippen molar-refractivity contribution in [2.24, 2.45) is 0 Å². The van der Waals surface area contributed by atoms with Gasteiger partial charge in [-0.3, -0.25) is 19.9 Å². The molecule has 1 aliphatic heterocycles. The Morgan fingerprint density at radius 2 is 1.04 bits per heavy atom. The van der Waals surface area contributed by atoms with Gasteiger partial charge in [0.15, 0.2) is 0 Å². The van der Waals surface area contributed by atoms with Gasteiger partial charge in [-0.05, 0) is 17.5 Å². The molecule has 0 atom stereocenters. The van der Waals surface area contributed by atoms with Crippen molar-refractivity contribution >= 4 is 32.8 Å². The number of fused-ring (bicyclic) bond motifs is 5. The number of piperazine rings is 1. The molecular weight excluding hydrogens is 495 g/mol. The Hall–Kier alpha value is -2.01. The van der Waals surface area contributed by atoms with Crippen LogP contribution in [0.5, 0.6) is 0 Å². The fourth-order valence-corrected chi connectivity index (χ4v) is 2.78. The standard InChI is InChI=1S/C14H8N4.C4H8N2.Pt/c1-3-10-13(17-7-5-15-10)12-9(1)2-4-11-14(12)18-8-6-16-11;1-2-6-4-3-5-1;/h1-8H;1-4H2;/q;-2;+2. The van der Waals surface area contributed by atoms with Gasteiger partial charge in [-0.1, -0.05) is 12.1 Å². The largest absolute Gasteiger partial charge is 2.00 e. The smallest absolute Gasteiger partial charge is 0.665 e. The van der Waals surface area contributed by atoms with Crippen LogP contribution in [0.1, 0.15) is 0 Å². The molecule has 0 unspecified atom stereocenters. The Kier molecular flexibility index (Phi) is 5.97. The molecule has 7 heteroatoms. The van der Waals surface area contributed by atoms with Crippen LogP contribution in [0.15, 0.2) is 49.1 Å². The normalized spacial score (nSPS) is 13.9. The fourth-order valence-electron chi connectivity index (χ4n) is 2.78. The molecule has 0 spiro atoms. The average molecular weight is 511 g/mol. The van der Waals surface area contributed by atoms with E-state index in [-0.39, 0.29) is 21.1 Å². The van der Waals surface area contributed by atoms with Gasteiger partial charge in [-0.15, -0.1) is 0 Å². The summed E-state index contributed by atoms with van der Waals surface area (Å²) in [5, 5.41) is 10.3. The van der Waals surface area contributed by atoms with Gasteiger partial charge in [0.25, 0.3) is 0 Å². The van der Waals surface area contributed by atoms with Crippen LogP contribution in [0.4, 0.5) is 0 Å². The van der Waals surface area contributed by atoms with E-state index in [2.05, 4.69) is 30.6 Å². The maximum atomic E-state index is 4.43. The second-order valence-corrected chi connectivity index (χ2v) is 5.42. The molecule has 0 aliphatic carbocycles. The second kappa shape index (κ2) is 8.38. The van der Waals surface area contributed by atoms with E-state index in [0.29, 0.717) is 0 Å². The Bertz CT molecular complexity index is 905. The molecule has 6 nitrogen and oxygen atoms in total. The number of rotatable bonds is 0. The van der Waals surface area contributed by atoms with E-state index in [9.17, 15) is 0 Å². The van der Waals surface area contributed by atoms with E-state index >= 15 is 0 Å². The molecule has 3 heterocycles. The number of benzene rings is 2. The maximum absolute atomic E-state index is 4.43. The topological polar surface area (TPSA) is 79.8 Å². The van der Waals surface area contributed by atoms with Gasteiger partial charge in [0.05, 0.1) is 22.1 Å². The van der Waals surface area contributed by atoms with Crippen LogP contribution >= 0.6 is 0 Å². The Morgan fingerprint density at radius 3 is 1.48 bits per heavy atom. The first-order valence-electron chi connectivity index (χ1n) is 7.93. The Labute approximate surface area is 159 Å². The predicted molar refractivity (Wildman–Crippen MR) is 96.3 cm³/mol. The Morgan fingerprint density at radius 1 is 0.600 bits per heavy atom. The van der Waals surface area contributed by atoms with E-state index in [4.69, 9.17) is 0 Å². The average Bonchev–Trinajstić information content (AvgIpc) is 2.69. The fraction of sp³-hybridized carbons (Fsp3) is 0.222. The summed E-state index contributed by atoms with van der Waals surface area (Å²) in [6.45, 7) is 3.83. The van der Waals surface area contributed by atoms with E-state index in [1.807, 2.05) is 24.3 Å². The summed E-state index contributed by atoms with van der Waals surface area (Å²) in [6.07, 6.45) is 6.81. The van der Waals surface area contributed by atoms with Gasteiger partial charge in [0, 0.05) is 30.2 Å². The summed E-state index contributed by atoms with van der Waals surface area (Å²) < 4.78 is 0. The maximum Gasteiger partial charge on any atom is 2.00 e. The summed E-state index contributed by atoms with van der Waals surface area (Å²) in [5.41, 5.74) is 3.51. The van der Waals surface area contributed by atoms with Crippen LogP contribution in [0.2, 0.25) is 0 Å². The minimum absolute atomic E-state index is 0. The SMILES string of the molecule is C1C[N-]CC[N-]1.[Pt+2].c1cnc2c(ccc3ccc4nccnc4c32)n1. The molecule has 25 heavy (non-hydrogen) atoms. The van der Waals surface area contributed by atoms with E-state index in [1.54, 1.807) is 24.8 Å². The van der Waals surface area contributed by atoms with Gasteiger partial charge >= 0.3 is 21.1 Å². The molecule has 0 N–H and O–H groups in total. The summed E-state index contributed by atoms with van der Waals surface area (Å²) >= 11 is 0. The molecule has 0 bridgehead atoms. The second-order valence-electron chi connectivity index (χ2n) is 5.42. The summed E-state index contributed by atoms with van der Waals surface area (Å²) in [7, 11) is 0. The van der Waals surface area contributed by atoms with Crippen molar-refractivity contribution in [1.29, 1.82) is 0 Å². The molecule has 1 aliphatic rings. The van der Waals surface area contributed by atoms with Gasteiger partial charge in [0.2, 0.25) is 0 Å². The van der Waals surface area contributed by atoms with Crippen molar-refractivity contribution in [2.45, 2.75) is 0 Å².